The van der Waals surface area contributed by atoms with Crippen molar-refractivity contribution >= 4 is 0 Å². The number of hydrogen-bond donors (Lipinski definition) is 4. The minimum absolute atomic E-state index is 0.117. The molecule has 4 fully saturated rings. The summed E-state index contributed by atoms with van der Waals surface area (Å²) in [7, 11) is 0. The lowest BCUT2D eigenvalue weighted by molar-refractivity contribution is -0.207. The zero-order valence-corrected chi connectivity index (χ0v) is 20.6. The van der Waals surface area contributed by atoms with Gasteiger partial charge < -0.3 is 20.4 Å². The van der Waals surface area contributed by atoms with Crippen LogP contribution in [0, 0.1) is 46.3 Å². The minimum atomic E-state index is -0.606. The van der Waals surface area contributed by atoms with Crippen molar-refractivity contribution in [2.75, 3.05) is 0 Å². The highest BCUT2D eigenvalue weighted by Crippen LogP contribution is 2.68. The molecule has 0 radical (unpaired) electrons. The highest BCUT2D eigenvalue weighted by molar-refractivity contribution is 5.14. The largest absolute Gasteiger partial charge is 0.393 e. The van der Waals surface area contributed by atoms with Crippen molar-refractivity contribution in [2.24, 2.45) is 46.3 Å². The van der Waals surface area contributed by atoms with E-state index in [1.54, 1.807) is 0 Å². The molecule has 0 aromatic carbocycles. The summed E-state index contributed by atoms with van der Waals surface area (Å²) in [6.45, 7) is 10.8. The van der Waals surface area contributed by atoms with Crippen LogP contribution in [0.25, 0.3) is 0 Å². The zero-order chi connectivity index (χ0) is 22.8. The summed E-state index contributed by atoms with van der Waals surface area (Å²) in [5.74, 6) is 2.44. The number of aliphatic hydroxyl groups excluding tert-OH is 3. The van der Waals surface area contributed by atoms with Crippen LogP contribution in [0.4, 0.5) is 0 Å². The molecule has 0 saturated heterocycles. The maximum atomic E-state index is 11.6. The first-order valence-corrected chi connectivity index (χ1v) is 13.1. The van der Waals surface area contributed by atoms with Crippen molar-refractivity contribution < 1.29 is 20.4 Å². The lowest BCUT2D eigenvalue weighted by Gasteiger charge is -2.63. The molecule has 0 bridgehead atoms. The molecule has 4 aliphatic carbocycles. The zero-order valence-electron chi connectivity index (χ0n) is 20.6. The summed E-state index contributed by atoms with van der Waals surface area (Å²) in [6.07, 6.45) is 8.73. The lowest BCUT2D eigenvalue weighted by Crippen LogP contribution is -2.62. The first kappa shape index (κ1) is 24.0. The molecule has 11 atom stereocenters. The first-order valence-electron chi connectivity index (χ1n) is 13.1. The molecular formula is C27H48O4. The van der Waals surface area contributed by atoms with Crippen LogP contribution in [0.3, 0.4) is 0 Å². The topological polar surface area (TPSA) is 80.9 Å². The van der Waals surface area contributed by atoms with E-state index in [1.807, 2.05) is 13.8 Å². The number of rotatable bonds is 5. The van der Waals surface area contributed by atoms with E-state index in [0.29, 0.717) is 35.5 Å². The van der Waals surface area contributed by atoms with Crippen molar-refractivity contribution in [2.45, 2.75) is 123 Å². The monoisotopic (exact) mass is 436 g/mol. The molecule has 4 aliphatic rings. The highest BCUT2D eigenvalue weighted by atomic mass is 16.3. The average molecular weight is 437 g/mol. The van der Waals surface area contributed by atoms with Crippen LogP contribution in [0.5, 0.6) is 0 Å². The molecule has 31 heavy (non-hydrogen) atoms. The van der Waals surface area contributed by atoms with Crippen molar-refractivity contribution in [1.82, 2.24) is 0 Å². The van der Waals surface area contributed by atoms with Crippen molar-refractivity contribution in [3.63, 3.8) is 0 Å². The van der Waals surface area contributed by atoms with Crippen LogP contribution in [-0.2, 0) is 0 Å². The van der Waals surface area contributed by atoms with Crippen LogP contribution < -0.4 is 0 Å². The van der Waals surface area contributed by atoms with E-state index >= 15 is 0 Å². The highest BCUT2D eigenvalue weighted by Gasteiger charge is 2.65. The molecule has 0 amide bonds. The summed E-state index contributed by atoms with van der Waals surface area (Å²) in [5, 5.41) is 43.3. The average Bonchev–Trinajstić information content (AvgIpc) is 3.01. The van der Waals surface area contributed by atoms with Gasteiger partial charge in [-0.2, -0.15) is 0 Å². The Balaban J connectivity index is 1.54. The normalized spacial score (nSPS) is 51.0. The number of hydrogen-bond acceptors (Lipinski definition) is 4. The second-order valence-corrected chi connectivity index (χ2v) is 13.2. The van der Waals surface area contributed by atoms with Crippen LogP contribution in [0.15, 0.2) is 0 Å². The Morgan fingerprint density at radius 1 is 0.968 bits per heavy atom. The van der Waals surface area contributed by atoms with Gasteiger partial charge in [-0.05, 0) is 112 Å². The molecule has 4 saturated carbocycles. The van der Waals surface area contributed by atoms with E-state index in [4.69, 9.17) is 0 Å². The van der Waals surface area contributed by atoms with Crippen LogP contribution in [-0.4, -0.2) is 44.3 Å². The van der Waals surface area contributed by atoms with Crippen molar-refractivity contribution in [1.29, 1.82) is 0 Å². The molecular weight excluding hydrogens is 388 g/mol. The predicted molar refractivity (Wildman–Crippen MR) is 123 cm³/mol. The third kappa shape index (κ3) is 4.02. The van der Waals surface area contributed by atoms with Crippen molar-refractivity contribution in [3.05, 3.63) is 0 Å². The first-order chi connectivity index (χ1) is 14.4. The Kier molecular flexibility index (Phi) is 6.38. The molecule has 1 unspecified atom stereocenters. The molecule has 4 N–H and O–H groups in total. The molecule has 0 aromatic rings. The lowest BCUT2D eigenvalue weighted by atomic mass is 9.43. The van der Waals surface area contributed by atoms with Gasteiger partial charge in [-0.3, -0.25) is 0 Å². The van der Waals surface area contributed by atoms with Gasteiger partial charge in [0, 0.05) is 0 Å². The Labute approximate surface area is 189 Å². The van der Waals surface area contributed by atoms with Gasteiger partial charge in [-0.25, -0.2) is 0 Å². The molecule has 0 spiro atoms. The van der Waals surface area contributed by atoms with E-state index in [-0.39, 0.29) is 29.1 Å². The Hall–Kier alpha value is -0.160. The minimum Gasteiger partial charge on any atom is -0.393 e. The summed E-state index contributed by atoms with van der Waals surface area (Å²) in [6, 6.07) is 0. The predicted octanol–water partition coefficient (Wildman–Crippen LogP) is 4.53. The van der Waals surface area contributed by atoms with Crippen molar-refractivity contribution in [3.8, 4) is 0 Å². The van der Waals surface area contributed by atoms with E-state index in [0.717, 1.165) is 64.2 Å². The molecule has 0 heterocycles. The fraction of sp³-hybridized carbons (Fsp3) is 1.00. The van der Waals surface area contributed by atoms with E-state index in [2.05, 4.69) is 20.8 Å². The van der Waals surface area contributed by atoms with E-state index < -0.39 is 5.60 Å². The molecule has 4 rings (SSSR count). The Bertz CT molecular complexity index is 644. The smallest absolute Gasteiger partial charge is 0.0602 e. The number of aliphatic hydroxyl groups is 4. The van der Waals surface area contributed by atoms with Gasteiger partial charge in [-0.15, -0.1) is 0 Å². The van der Waals surface area contributed by atoms with Crippen LogP contribution >= 0.6 is 0 Å². The van der Waals surface area contributed by atoms with Crippen LogP contribution in [0.1, 0.15) is 98.8 Å². The van der Waals surface area contributed by atoms with Crippen LogP contribution in [0.2, 0.25) is 0 Å². The van der Waals surface area contributed by atoms with Gasteiger partial charge >= 0.3 is 0 Å². The maximum absolute atomic E-state index is 11.6. The SMILES string of the molecule is C[C@H](CCCC(C)(C)O)C1CC[C@H]2[C@@H]3[C@H](O)C[C@H]4C[C@H](O)CC[C@]4(C)[C@H]3C[C@H](O)[C@]12C. The van der Waals surface area contributed by atoms with E-state index in [9.17, 15) is 20.4 Å². The standard InChI is InChI=1S/C27H48O4/c1-16(7-6-11-25(2,3)31)19-8-9-20-24-21(15-23(30)27(19,20)5)26(4)12-10-18(28)13-17(26)14-22(24)29/h16-24,28-31H,6-15H2,1-5H3/t16-,17-,18-,19?,20+,21+,22-,23+,24+,26+,27-/m1/s1. The summed E-state index contributed by atoms with van der Waals surface area (Å²) < 4.78 is 0. The molecule has 4 heteroatoms. The van der Waals surface area contributed by atoms with Gasteiger partial charge in [0.25, 0.3) is 0 Å². The van der Waals surface area contributed by atoms with Gasteiger partial charge in [0.05, 0.1) is 23.9 Å². The summed E-state index contributed by atoms with van der Waals surface area (Å²) in [5.41, 5.74) is -0.583. The van der Waals surface area contributed by atoms with Gasteiger partial charge in [0.1, 0.15) is 0 Å². The second kappa shape index (κ2) is 8.25. The Morgan fingerprint density at radius 2 is 1.68 bits per heavy atom. The fourth-order valence-corrected chi connectivity index (χ4v) is 9.19. The third-order valence-corrected chi connectivity index (χ3v) is 11.0. The van der Waals surface area contributed by atoms with E-state index in [1.165, 1.54) is 0 Å². The van der Waals surface area contributed by atoms with Gasteiger partial charge in [0.2, 0.25) is 0 Å². The molecule has 0 aliphatic heterocycles. The van der Waals surface area contributed by atoms with Gasteiger partial charge in [-0.1, -0.05) is 33.6 Å². The third-order valence-electron chi connectivity index (χ3n) is 11.0. The quantitative estimate of drug-likeness (QED) is 0.511. The summed E-state index contributed by atoms with van der Waals surface area (Å²) in [4.78, 5) is 0. The summed E-state index contributed by atoms with van der Waals surface area (Å²) >= 11 is 0. The fourth-order valence-electron chi connectivity index (χ4n) is 9.19. The second-order valence-electron chi connectivity index (χ2n) is 13.2. The van der Waals surface area contributed by atoms with Gasteiger partial charge in [0.15, 0.2) is 0 Å². The molecule has 4 nitrogen and oxygen atoms in total. The molecule has 180 valence electrons. The number of fused-ring (bicyclic) bond motifs is 5. The molecule has 0 aromatic heterocycles. The Morgan fingerprint density at radius 3 is 2.35 bits per heavy atom. The maximum Gasteiger partial charge on any atom is 0.0602 e.